The minimum Gasteiger partial charge on any atom is -0.493 e. The van der Waals surface area contributed by atoms with E-state index in [1.807, 2.05) is 13.0 Å². The molecular formula is C18H20N2O5. The average molecular weight is 344 g/mol. The molecule has 0 bridgehead atoms. The first kappa shape index (κ1) is 18.3. The van der Waals surface area contributed by atoms with Crippen molar-refractivity contribution in [1.29, 1.82) is 0 Å². The van der Waals surface area contributed by atoms with Crippen LogP contribution in [0.2, 0.25) is 0 Å². The number of carbonyl (C=O) groups is 2. The maximum Gasteiger partial charge on any atom is 0.356 e. The Bertz CT molecular complexity index is 776. The van der Waals surface area contributed by atoms with Crippen LogP contribution in [0.5, 0.6) is 11.5 Å². The molecule has 1 aromatic carbocycles. The van der Waals surface area contributed by atoms with E-state index >= 15 is 0 Å². The number of nitrogens with one attached hydrogen (secondary N) is 1. The summed E-state index contributed by atoms with van der Waals surface area (Å²) in [7, 11) is 4.37. The monoisotopic (exact) mass is 344 g/mol. The molecule has 132 valence electrons. The van der Waals surface area contributed by atoms with E-state index in [-0.39, 0.29) is 17.4 Å². The average Bonchev–Trinajstić information content (AvgIpc) is 2.66. The second kappa shape index (κ2) is 8.14. The summed E-state index contributed by atoms with van der Waals surface area (Å²) < 4.78 is 15.1. The van der Waals surface area contributed by atoms with Gasteiger partial charge >= 0.3 is 5.97 Å². The highest BCUT2D eigenvalue weighted by Crippen LogP contribution is 2.29. The van der Waals surface area contributed by atoms with Crippen LogP contribution in [0, 0.1) is 0 Å². The second-order valence-electron chi connectivity index (χ2n) is 5.21. The normalized spacial score (nSPS) is 11.4. The van der Waals surface area contributed by atoms with Crippen molar-refractivity contribution in [2.75, 3.05) is 21.3 Å². The predicted octanol–water partition coefficient (Wildman–Crippen LogP) is 2.38. The smallest absolute Gasteiger partial charge is 0.356 e. The van der Waals surface area contributed by atoms with E-state index in [2.05, 4.69) is 15.0 Å². The molecule has 1 aromatic heterocycles. The van der Waals surface area contributed by atoms with Crippen LogP contribution in [-0.2, 0) is 4.74 Å². The van der Waals surface area contributed by atoms with Crippen LogP contribution < -0.4 is 14.8 Å². The predicted molar refractivity (Wildman–Crippen MR) is 91.0 cm³/mol. The number of hydrogen-bond acceptors (Lipinski definition) is 6. The molecule has 7 heteroatoms. The van der Waals surface area contributed by atoms with Crippen molar-refractivity contribution < 1.29 is 23.8 Å². The fourth-order valence-electron chi connectivity index (χ4n) is 2.26. The van der Waals surface area contributed by atoms with Gasteiger partial charge in [0.2, 0.25) is 0 Å². The lowest BCUT2D eigenvalue weighted by molar-refractivity contribution is 0.0594. The Morgan fingerprint density at radius 2 is 1.68 bits per heavy atom. The van der Waals surface area contributed by atoms with Crippen LogP contribution in [0.15, 0.2) is 36.4 Å². The van der Waals surface area contributed by atoms with Gasteiger partial charge in [0.15, 0.2) is 11.5 Å². The van der Waals surface area contributed by atoms with Gasteiger partial charge in [-0.2, -0.15) is 0 Å². The number of pyridine rings is 1. The van der Waals surface area contributed by atoms with Crippen molar-refractivity contribution in [3.05, 3.63) is 53.3 Å². The summed E-state index contributed by atoms with van der Waals surface area (Å²) >= 11 is 0. The Balaban J connectivity index is 2.16. The third-order valence-electron chi connectivity index (χ3n) is 3.63. The fourth-order valence-corrected chi connectivity index (χ4v) is 2.26. The molecule has 0 saturated carbocycles. The highest BCUT2D eigenvalue weighted by atomic mass is 16.5. The zero-order valence-electron chi connectivity index (χ0n) is 14.5. The van der Waals surface area contributed by atoms with Crippen LogP contribution in [0.1, 0.15) is 39.5 Å². The molecule has 0 radical (unpaired) electrons. The minimum absolute atomic E-state index is 0.0777. The number of esters is 1. The van der Waals surface area contributed by atoms with Crippen molar-refractivity contribution in [1.82, 2.24) is 10.3 Å². The number of hydrogen-bond donors (Lipinski definition) is 1. The van der Waals surface area contributed by atoms with Crippen LogP contribution in [0.4, 0.5) is 0 Å². The number of carbonyl (C=O) groups excluding carboxylic acids is 2. The van der Waals surface area contributed by atoms with Gasteiger partial charge in [-0.1, -0.05) is 12.1 Å². The molecule has 1 N–H and O–H groups in total. The minimum atomic E-state index is -0.595. The molecule has 0 spiro atoms. The molecule has 2 aromatic rings. The Morgan fingerprint density at radius 1 is 1.00 bits per heavy atom. The number of benzene rings is 1. The second-order valence-corrected chi connectivity index (χ2v) is 5.21. The van der Waals surface area contributed by atoms with E-state index in [1.54, 1.807) is 32.4 Å². The van der Waals surface area contributed by atoms with E-state index < -0.39 is 11.9 Å². The summed E-state index contributed by atoms with van der Waals surface area (Å²) in [6.45, 7) is 1.84. The Hall–Kier alpha value is -3.09. The molecule has 1 heterocycles. The maximum absolute atomic E-state index is 12.4. The van der Waals surface area contributed by atoms with E-state index in [0.717, 1.165) is 5.56 Å². The topological polar surface area (TPSA) is 86.8 Å². The summed E-state index contributed by atoms with van der Waals surface area (Å²) in [5.74, 6) is 0.194. The van der Waals surface area contributed by atoms with Crippen LogP contribution in [0.25, 0.3) is 0 Å². The SMILES string of the molecule is COC(=O)c1cccc(C(=O)NC(C)c2ccc(OC)c(OC)c2)n1. The van der Waals surface area contributed by atoms with Crippen molar-refractivity contribution in [2.45, 2.75) is 13.0 Å². The number of ether oxygens (including phenoxy) is 3. The van der Waals surface area contributed by atoms with E-state index in [1.165, 1.54) is 19.2 Å². The van der Waals surface area contributed by atoms with Crippen molar-refractivity contribution >= 4 is 11.9 Å². The van der Waals surface area contributed by atoms with Crippen molar-refractivity contribution in [3.8, 4) is 11.5 Å². The van der Waals surface area contributed by atoms with Gasteiger partial charge in [-0.25, -0.2) is 9.78 Å². The Labute approximate surface area is 145 Å². The summed E-state index contributed by atoms with van der Waals surface area (Å²) in [6, 6.07) is 9.70. The molecule has 1 unspecified atom stereocenters. The lowest BCUT2D eigenvalue weighted by Crippen LogP contribution is -2.28. The zero-order chi connectivity index (χ0) is 18.4. The molecule has 0 fully saturated rings. The molecule has 1 amide bonds. The number of methoxy groups -OCH3 is 3. The molecule has 25 heavy (non-hydrogen) atoms. The Kier molecular flexibility index (Phi) is 5.94. The third kappa shape index (κ3) is 4.26. The van der Waals surface area contributed by atoms with Gasteiger partial charge < -0.3 is 19.5 Å². The standard InChI is InChI=1S/C18H20N2O5/c1-11(12-8-9-15(23-2)16(10-12)24-3)19-17(21)13-6-5-7-14(20-13)18(22)25-4/h5-11H,1-4H3,(H,19,21). The van der Waals surface area contributed by atoms with Gasteiger partial charge in [-0.05, 0) is 36.8 Å². The maximum atomic E-state index is 12.4. The first-order chi connectivity index (χ1) is 12.0. The number of nitrogens with zero attached hydrogens (tertiary/aromatic N) is 1. The molecular weight excluding hydrogens is 324 g/mol. The molecule has 0 aliphatic rings. The highest BCUT2D eigenvalue weighted by Gasteiger charge is 2.16. The lowest BCUT2D eigenvalue weighted by Gasteiger charge is -2.16. The first-order valence-electron chi connectivity index (χ1n) is 7.58. The molecule has 0 saturated heterocycles. The van der Waals surface area contributed by atoms with E-state index in [0.29, 0.717) is 11.5 Å². The molecule has 0 aliphatic heterocycles. The third-order valence-corrected chi connectivity index (χ3v) is 3.63. The van der Waals surface area contributed by atoms with Gasteiger partial charge in [0, 0.05) is 0 Å². The van der Waals surface area contributed by atoms with Gasteiger partial charge in [-0.3, -0.25) is 4.79 Å². The summed E-state index contributed by atoms with van der Waals surface area (Å²) in [5.41, 5.74) is 1.05. The first-order valence-corrected chi connectivity index (χ1v) is 7.58. The van der Waals surface area contributed by atoms with Crippen LogP contribution in [0.3, 0.4) is 0 Å². The van der Waals surface area contributed by atoms with Crippen LogP contribution >= 0.6 is 0 Å². The molecule has 0 aliphatic carbocycles. The van der Waals surface area contributed by atoms with Gasteiger partial charge in [0.05, 0.1) is 27.4 Å². The number of rotatable bonds is 6. The quantitative estimate of drug-likeness (QED) is 0.810. The molecule has 1 atom stereocenters. The summed E-state index contributed by atoms with van der Waals surface area (Å²) in [4.78, 5) is 27.9. The van der Waals surface area contributed by atoms with Crippen molar-refractivity contribution in [3.63, 3.8) is 0 Å². The number of aromatic nitrogens is 1. The summed E-state index contributed by atoms with van der Waals surface area (Å²) in [6.07, 6.45) is 0. The largest absolute Gasteiger partial charge is 0.493 e. The molecule has 2 rings (SSSR count). The zero-order valence-corrected chi connectivity index (χ0v) is 14.5. The Morgan fingerprint density at radius 3 is 2.32 bits per heavy atom. The van der Waals surface area contributed by atoms with Gasteiger partial charge in [0.1, 0.15) is 11.4 Å². The van der Waals surface area contributed by atoms with Crippen LogP contribution in [-0.4, -0.2) is 38.2 Å². The van der Waals surface area contributed by atoms with Gasteiger partial charge in [0.25, 0.3) is 5.91 Å². The number of amides is 1. The lowest BCUT2D eigenvalue weighted by atomic mass is 10.1. The van der Waals surface area contributed by atoms with E-state index in [9.17, 15) is 9.59 Å². The summed E-state index contributed by atoms with van der Waals surface area (Å²) in [5, 5.41) is 2.84. The molecule has 7 nitrogen and oxygen atoms in total. The highest BCUT2D eigenvalue weighted by molar-refractivity contribution is 5.94. The van der Waals surface area contributed by atoms with E-state index in [4.69, 9.17) is 9.47 Å². The van der Waals surface area contributed by atoms with Gasteiger partial charge in [-0.15, -0.1) is 0 Å². The van der Waals surface area contributed by atoms with Crippen molar-refractivity contribution in [2.24, 2.45) is 0 Å². The fraction of sp³-hybridized carbons (Fsp3) is 0.278.